The van der Waals surface area contributed by atoms with E-state index in [1.165, 1.54) is 0 Å². The van der Waals surface area contributed by atoms with Gasteiger partial charge in [-0.25, -0.2) is 0 Å². The van der Waals surface area contributed by atoms with Crippen molar-refractivity contribution in [3.63, 3.8) is 0 Å². The van der Waals surface area contributed by atoms with E-state index in [-0.39, 0.29) is 127 Å². The molecule has 0 unspecified atom stereocenters. The van der Waals surface area contributed by atoms with Gasteiger partial charge in [0, 0.05) is 37.4 Å². The molecule has 4 aliphatic rings. The van der Waals surface area contributed by atoms with Gasteiger partial charge in [-0.1, -0.05) is 27.7 Å². The molecule has 11 atom stereocenters. The highest BCUT2D eigenvalue weighted by Gasteiger charge is 2.67. The highest BCUT2D eigenvalue weighted by Crippen LogP contribution is 2.69. The molecule has 268 valence electrons. The van der Waals surface area contributed by atoms with Gasteiger partial charge in [0.2, 0.25) is 0 Å². The van der Waals surface area contributed by atoms with Crippen molar-refractivity contribution in [3.05, 3.63) is 0 Å². The van der Waals surface area contributed by atoms with Gasteiger partial charge in [-0.15, -0.1) is 0 Å². The van der Waals surface area contributed by atoms with Crippen molar-refractivity contribution in [2.24, 2.45) is 63.5 Å². The Labute approximate surface area is 281 Å². The van der Waals surface area contributed by atoms with E-state index in [1.807, 2.05) is 6.92 Å². The third-order valence-corrected chi connectivity index (χ3v) is 12.6. The molecule has 6 N–H and O–H groups in total. The van der Waals surface area contributed by atoms with Gasteiger partial charge in [-0.2, -0.15) is 0 Å². The predicted octanol–water partition coefficient (Wildman–Crippen LogP) is 4.02. The number of esters is 4. The van der Waals surface area contributed by atoms with Gasteiger partial charge >= 0.3 is 23.9 Å². The average molecular weight is 664 g/mol. The van der Waals surface area contributed by atoms with Gasteiger partial charge in [0.1, 0.15) is 18.3 Å². The molecule has 11 heteroatoms. The molecule has 0 bridgehead atoms. The molecule has 0 saturated heterocycles. The Bertz CT molecular complexity index is 1100. The van der Waals surface area contributed by atoms with Crippen LogP contribution in [0, 0.1) is 46.3 Å². The summed E-state index contributed by atoms with van der Waals surface area (Å²) in [7, 11) is 0. The minimum Gasteiger partial charge on any atom is -0.466 e. The second-order valence-corrected chi connectivity index (χ2v) is 15.3. The number of ether oxygens (including phenoxy) is 4. The van der Waals surface area contributed by atoms with Crippen LogP contribution in [-0.2, 0) is 38.1 Å². The Hall–Kier alpha value is -2.24. The lowest BCUT2D eigenvalue weighted by atomic mass is 9.43. The first kappa shape index (κ1) is 37.6. The van der Waals surface area contributed by atoms with Crippen molar-refractivity contribution in [2.45, 2.75) is 129 Å². The van der Waals surface area contributed by atoms with Crippen molar-refractivity contribution in [1.82, 2.24) is 0 Å². The molecule has 47 heavy (non-hydrogen) atoms. The van der Waals surface area contributed by atoms with Crippen LogP contribution in [0.15, 0.2) is 0 Å². The van der Waals surface area contributed by atoms with Crippen LogP contribution in [0.5, 0.6) is 0 Å². The first-order valence-electron chi connectivity index (χ1n) is 18.3. The zero-order valence-electron chi connectivity index (χ0n) is 29.2. The summed E-state index contributed by atoms with van der Waals surface area (Å²) in [4.78, 5) is 51.0. The van der Waals surface area contributed by atoms with E-state index >= 15 is 0 Å². The molecule has 0 aliphatic heterocycles. The zero-order chi connectivity index (χ0) is 34.4. The Morgan fingerprint density at radius 1 is 0.766 bits per heavy atom. The van der Waals surface area contributed by atoms with E-state index in [0.717, 1.165) is 32.1 Å². The van der Waals surface area contributed by atoms with Crippen molar-refractivity contribution in [3.8, 4) is 0 Å². The summed E-state index contributed by atoms with van der Waals surface area (Å²) in [5.41, 5.74) is 16.7. The minimum atomic E-state index is -0.366. The monoisotopic (exact) mass is 663 g/mol. The number of hydrogen-bond donors (Lipinski definition) is 3. The lowest BCUT2D eigenvalue weighted by Gasteiger charge is -2.64. The van der Waals surface area contributed by atoms with Crippen molar-refractivity contribution >= 4 is 23.9 Å². The summed E-state index contributed by atoms with van der Waals surface area (Å²) in [5, 5.41) is 0. The Morgan fingerprint density at radius 3 is 2.04 bits per heavy atom. The van der Waals surface area contributed by atoms with Crippen LogP contribution in [0.25, 0.3) is 0 Å². The van der Waals surface area contributed by atoms with E-state index in [4.69, 9.17) is 36.1 Å². The highest BCUT2D eigenvalue weighted by atomic mass is 16.6. The number of rotatable bonds is 15. The summed E-state index contributed by atoms with van der Waals surface area (Å²) in [6.07, 6.45) is 7.11. The summed E-state index contributed by atoms with van der Waals surface area (Å²) in [6, 6.07) is 0. The van der Waals surface area contributed by atoms with Gasteiger partial charge in [0.25, 0.3) is 0 Å². The van der Waals surface area contributed by atoms with E-state index in [2.05, 4.69) is 20.8 Å². The maximum absolute atomic E-state index is 13.1. The number of carbonyl (C=O) groups excluding carboxylic acids is 4. The fourth-order valence-electron chi connectivity index (χ4n) is 10.3. The lowest BCUT2D eigenvalue weighted by molar-refractivity contribution is -0.225. The largest absolute Gasteiger partial charge is 0.466 e. The molecule has 4 fully saturated rings. The molecule has 0 amide bonds. The molecule has 0 aromatic heterocycles. The second kappa shape index (κ2) is 16.4. The van der Waals surface area contributed by atoms with Gasteiger partial charge in [0.05, 0.1) is 25.9 Å². The third-order valence-electron chi connectivity index (χ3n) is 12.6. The second-order valence-electron chi connectivity index (χ2n) is 15.3. The fraction of sp³-hybridized carbons (Fsp3) is 0.889. The van der Waals surface area contributed by atoms with Gasteiger partial charge < -0.3 is 36.1 Å². The van der Waals surface area contributed by atoms with E-state index in [9.17, 15) is 19.2 Å². The number of fused-ring (bicyclic) bond motifs is 5. The van der Waals surface area contributed by atoms with Crippen LogP contribution in [0.1, 0.15) is 111 Å². The predicted molar refractivity (Wildman–Crippen MR) is 176 cm³/mol. The normalized spacial score (nSPS) is 36.7. The smallest absolute Gasteiger partial charge is 0.307 e. The average Bonchev–Trinajstić information content (AvgIpc) is 3.38. The molecule has 0 heterocycles. The van der Waals surface area contributed by atoms with Crippen LogP contribution >= 0.6 is 0 Å². The van der Waals surface area contributed by atoms with Gasteiger partial charge in [-0.05, 0) is 92.8 Å². The first-order chi connectivity index (χ1) is 22.4. The molecule has 4 rings (SSSR count). The Kier molecular flexibility index (Phi) is 13.1. The first-order valence-corrected chi connectivity index (χ1v) is 18.3. The maximum atomic E-state index is 13.1. The molecule has 0 aromatic carbocycles. The van der Waals surface area contributed by atoms with Crippen LogP contribution in [0.3, 0.4) is 0 Å². The molecule has 0 spiro atoms. The Balaban J connectivity index is 1.67. The number of carbonyl (C=O) groups is 4. The molecular formula is C36H61N3O8. The topological polar surface area (TPSA) is 183 Å². The third kappa shape index (κ3) is 8.15. The fourth-order valence-corrected chi connectivity index (χ4v) is 10.3. The van der Waals surface area contributed by atoms with Crippen molar-refractivity contribution in [2.75, 3.05) is 26.2 Å². The Morgan fingerprint density at radius 2 is 1.40 bits per heavy atom. The molecule has 0 aromatic rings. The quantitative estimate of drug-likeness (QED) is 0.170. The van der Waals surface area contributed by atoms with Gasteiger partial charge in [-0.3, -0.25) is 19.2 Å². The minimum absolute atomic E-state index is 0.0931. The summed E-state index contributed by atoms with van der Waals surface area (Å²) >= 11 is 0. The maximum Gasteiger partial charge on any atom is 0.307 e. The van der Waals surface area contributed by atoms with E-state index < -0.39 is 0 Å². The molecule has 0 radical (unpaired) electrons. The van der Waals surface area contributed by atoms with Crippen LogP contribution in [-0.4, -0.2) is 68.4 Å². The number of nitrogens with two attached hydrogens (primary N) is 3. The van der Waals surface area contributed by atoms with Crippen LogP contribution in [0.4, 0.5) is 0 Å². The standard InChI is InChI=1S/C36H61N3O8/c1-5-18-44-30(40)9-6-22(2)25-7-8-26-34-27(21-29(36(25,26)4)47-33(43)13-17-39)35(3)14-10-24(45-31(41)11-15-37)19-23(35)20-28(34)46-32(42)12-16-38/h22-29,34H,5-21,37-39H2,1-4H3/t22-,23+,24-,25-,26+,27+,28-,29+,34+,35+,36-/m1/s1. The van der Waals surface area contributed by atoms with Gasteiger partial charge in [0.15, 0.2) is 0 Å². The van der Waals surface area contributed by atoms with Crippen LogP contribution in [0.2, 0.25) is 0 Å². The zero-order valence-corrected chi connectivity index (χ0v) is 29.2. The molecule has 4 saturated carbocycles. The SMILES string of the molecule is CCCOC(=O)CC[C@@H](C)[C@H]1CC[C@H]2[C@@H]3[C@H](OC(=O)CCN)C[C@@H]4C[C@H](OC(=O)CCN)CC[C@]4(C)[C@H]3C[C@H](OC(=O)CCN)[C@]12C. The molecule has 4 aliphatic carbocycles. The summed E-state index contributed by atoms with van der Waals surface area (Å²) in [5.74, 6) is -0.0309. The number of hydrogen-bond acceptors (Lipinski definition) is 11. The molecular weight excluding hydrogens is 602 g/mol. The van der Waals surface area contributed by atoms with Crippen LogP contribution < -0.4 is 17.2 Å². The van der Waals surface area contributed by atoms with E-state index in [0.29, 0.717) is 38.7 Å². The summed E-state index contributed by atoms with van der Waals surface area (Å²) in [6.45, 7) is 9.95. The summed E-state index contributed by atoms with van der Waals surface area (Å²) < 4.78 is 24.0. The molecule has 11 nitrogen and oxygen atoms in total. The lowest BCUT2D eigenvalue weighted by Crippen LogP contribution is -2.63. The van der Waals surface area contributed by atoms with Crippen molar-refractivity contribution < 1.29 is 38.1 Å². The highest BCUT2D eigenvalue weighted by molar-refractivity contribution is 5.71. The van der Waals surface area contributed by atoms with Crippen molar-refractivity contribution in [1.29, 1.82) is 0 Å². The van der Waals surface area contributed by atoms with E-state index in [1.54, 1.807) is 0 Å².